The van der Waals surface area contributed by atoms with Crippen LogP contribution in [0, 0.1) is 0 Å². The second-order valence-corrected chi connectivity index (χ2v) is 4.86. The van der Waals surface area contributed by atoms with Crippen molar-refractivity contribution in [3.05, 3.63) is 23.8 Å². The highest BCUT2D eigenvalue weighted by atomic mass is 16.5. The molecule has 0 aliphatic rings. The predicted octanol–water partition coefficient (Wildman–Crippen LogP) is 0.785. The molecule has 0 atom stereocenters. The number of aromatic hydroxyl groups is 1. The number of phenols is 1. The fraction of sp³-hybridized carbons (Fsp3) is 0.385. The Morgan fingerprint density at radius 1 is 1.42 bits per heavy atom. The molecule has 104 valence electrons. The number of nitrogens with two attached hydrogens (primary N) is 1. The molecule has 0 saturated heterocycles. The van der Waals surface area contributed by atoms with E-state index in [4.69, 9.17) is 10.5 Å². The van der Waals surface area contributed by atoms with Crippen molar-refractivity contribution in [2.75, 3.05) is 7.11 Å². The molecule has 0 aliphatic heterocycles. The van der Waals surface area contributed by atoms with Gasteiger partial charge < -0.3 is 20.9 Å². The molecule has 4 N–H and O–H groups in total. The van der Waals surface area contributed by atoms with Gasteiger partial charge in [0.25, 0.3) is 5.91 Å². The maximum absolute atomic E-state index is 12.1. The van der Waals surface area contributed by atoms with Gasteiger partial charge in [0.05, 0.1) is 12.7 Å². The molecule has 0 unspecified atom stereocenters. The summed E-state index contributed by atoms with van der Waals surface area (Å²) in [4.78, 5) is 23.0. The van der Waals surface area contributed by atoms with Crippen LogP contribution in [0.4, 0.5) is 0 Å². The summed E-state index contributed by atoms with van der Waals surface area (Å²) in [6.45, 7) is 3.35. The van der Waals surface area contributed by atoms with Gasteiger partial charge >= 0.3 is 0 Å². The standard InChI is InChI=1S/C13H18N2O4/c1-13(2,7-11(14)17)15-12(18)9-6-8(19-3)4-5-10(9)16/h4-6,16H,7H2,1-3H3,(H2,14,17)(H,15,18). The van der Waals surface area contributed by atoms with Crippen LogP contribution in [0.3, 0.4) is 0 Å². The molecule has 0 spiro atoms. The summed E-state index contributed by atoms with van der Waals surface area (Å²) in [5.41, 5.74) is 4.40. The van der Waals surface area contributed by atoms with Gasteiger partial charge in [0.1, 0.15) is 11.5 Å². The molecule has 6 nitrogen and oxygen atoms in total. The minimum atomic E-state index is -0.793. The molecule has 1 aromatic rings. The lowest BCUT2D eigenvalue weighted by Gasteiger charge is -2.25. The first-order valence-corrected chi connectivity index (χ1v) is 5.73. The summed E-state index contributed by atoms with van der Waals surface area (Å²) in [6, 6.07) is 4.33. The number of phenolic OH excluding ortho intramolecular Hbond substituents is 1. The van der Waals surface area contributed by atoms with Crippen LogP contribution in [0.5, 0.6) is 11.5 Å². The highest BCUT2D eigenvalue weighted by Crippen LogP contribution is 2.23. The first kappa shape index (κ1) is 14.8. The number of hydrogen-bond acceptors (Lipinski definition) is 4. The third-order valence-electron chi connectivity index (χ3n) is 2.52. The second-order valence-electron chi connectivity index (χ2n) is 4.86. The van der Waals surface area contributed by atoms with Gasteiger partial charge in [-0.05, 0) is 32.0 Å². The molecular formula is C13H18N2O4. The highest BCUT2D eigenvalue weighted by Gasteiger charge is 2.24. The van der Waals surface area contributed by atoms with E-state index in [2.05, 4.69) is 5.32 Å². The van der Waals surface area contributed by atoms with Crippen molar-refractivity contribution < 1.29 is 19.4 Å². The van der Waals surface area contributed by atoms with Gasteiger partial charge in [0.15, 0.2) is 0 Å². The number of hydrogen-bond donors (Lipinski definition) is 3. The minimum Gasteiger partial charge on any atom is -0.507 e. The lowest BCUT2D eigenvalue weighted by molar-refractivity contribution is -0.119. The topological polar surface area (TPSA) is 102 Å². The largest absolute Gasteiger partial charge is 0.507 e. The molecule has 0 fully saturated rings. The first-order chi connectivity index (χ1) is 8.75. The molecule has 0 aliphatic carbocycles. The number of carbonyl (C=O) groups is 2. The Hall–Kier alpha value is -2.24. The average Bonchev–Trinajstić information content (AvgIpc) is 2.26. The van der Waals surface area contributed by atoms with Crippen molar-refractivity contribution in [3.63, 3.8) is 0 Å². The quantitative estimate of drug-likeness (QED) is 0.733. The van der Waals surface area contributed by atoms with Crippen molar-refractivity contribution in [3.8, 4) is 11.5 Å². The third kappa shape index (κ3) is 4.17. The molecule has 0 saturated carbocycles. The van der Waals surface area contributed by atoms with E-state index in [1.807, 2.05) is 0 Å². The van der Waals surface area contributed by atoms with Crippen molar-refractivity contribution in [1.82, 2.24) is 5.32 Å². The molecule has 0 aromatic heterocycles. The Labute approximate surface area is 111 Å². The van der Waals surface area contributed by atoms with E-state index < -0.39 is 17.4 Å². The van der Waals surface area contributed by atoms with Gasteiger partial charge in [-0.3, -0.25) is 9.59 Å². The summed E-state index contributed by atoms with van der Waals surface area (Å²) in [5, 5.41) is 12.3. The maximum atomic E-state index is 12.1. The van der Waals surface area contributed by atoms with Gasteiger partial charge in [-0.2, -0.15) is 0 Å². The van der Waals surface area contributed by atoms with Crippen LogP contribution in [0.25, 0.3) is 0 Å². The Morgan fingerprint density at radius 2 is 2.05 bits per heavy atom. The first-order valence-electron chi connectivity index (χ1n) is 5.73. The lowest BCUT2D eigenvalue weighted by atomic mass is 9.99. The van der Waals surface area contributed by atoms with Gasteiger partial charge in [0, 0.05) is 12.0 Å². The van der Waals surface area contributed by atoms with Crippen molar-refractivity contribution in [2.24, 2.45) is 5.73 Å². The van der Waals surface area contributed by atoms with Crippen LogP contribution < -0.4 is 15.8 Å². The van der Waals surface area contributed by atoms with Crippen LogP contribution in [0.1, 0.15) is 30.6 Å². The number of carbonyl (C=O) groups excluding carboxylic acids is 2. The van der Waals surface area contributed by atoms with Gasteiger partial charge in [-0.1, -0.05) is 0 Å². The van der Waals surface area contributed by atoms with Crippen molar-refractivity contribution in [2.45, 2.75) is 25.8 Å². The number of nitrogens with one attached hydrogen (secondary N) is 1. The van der Waals surface area contributed by atoms with Crippen LogP contribution in [0.2, 0.25) is 0 Å². The van der Waals surface area contributed by atoms with Gasteiger partial charge in [-0.25, -0.2) is 0 Å². The normalized spacial score (nSPS) is 10.9. The molecule has 1 rings (SSSR count). The highest BCUT2D eigenvalue weighted by molar-refractivity contribution is 5.98. The SMILES string of the molecule is COc1ccc(O)c(C(=O)NC(C)(C)CC(N)=O)c1. The molecule has 1 aromatic carbocycles. The van der Waals surface area contributed by atoms with Crippen LogP contribution in [-0.4, -0.2) is 29.6 Å². The van der Waals surface area contributed by atoms with Crippen LogP contribution >= 0.6 is 0 Å². The molecule has 0 radical (unpaired) electrons. The van der Waals surface area contributed by atoms with E-state index in [9.17, 15) is 14.7 Å². The number of benzene rings is 1. The zero-order chi connectivity index (χ0) is 14.6. The summed E-state index contributed by atoms with van der Waals surface area (Å²) < 4.78 is 4.99. The molecule has 6 heteroatoms. The number of ether oxygens (including phenoxy) is 1. The number of methoxy groups -OCH3 is 1. The van der Waals surface area contributed by atoms with Crippen LogP contribution in [-0.2, 0) is 4.79 Å². The molecule has 2 amide bonds. The summed E-state index contributed by atoms with van der Waals surface area (Å²) >= 11 is 0. The molecule has 0 bridgehead atoms. The van der Waals surface area contributed by atoms with E-state index in [1.165, 1.54) is 19.2 Å². The zero-order valence-electron chi connectivity index (χ0n) is 11.2. The molecular weight excluding hydrogens is 248 g/mol. The predicted molar refractivity (Wildman–Crippen MR) is 70.0 cm³/mol. The van der Waals surface area contributed by atoms with E-state index >= 15 is 0 Å². The van der Waals surface area contributed by atoms with Gasteiger partial charge in [-0.15, -0.1) is 0 Å². The fourth-order valence-corrected chi connectivity index (χ4v) is 1.68. The Bertz CT molecular complexity index is 497. The zero-order valence-corrected chi connectivity index (χ0v) is 11.2. The van der Waals surface area contributed by atoms with E-state index in [0.29, 0.717) is 5.75 Å². The van der Waals surface area contributed by atoms with Crippen molar-refractivity contribution >= 4 is 11.8 Å². The monoisotopic (exact) mass is 266 g/mol. The van der Waals surface area contributed by atoms with Crippen molar-refractivity contribution in [1.29, 1.82) is 0 Å². The van der Waals surface area contributed by atoms with E-state index in [0.717, 1.165) is 0 Å². The van der Waals surface area contributed by atoms with Gasteiger partial charge in [0.2, 0.25) is 5.91 Å². The number of amides is 2. The third-order valence-corrected chi connectivity index (χ3v) is 2.52. The minimum absolute atomic E-state index is 0.00344. The fourth-order valence-electron chi connectivity index (χ4n) is 1.68. The van der Waals surface area contributed by atoms with E-state index in [-0.39, 0.29) is 17.7 Å². The molecule has 19 heavy (non-hydrogen) atoms. The summed E-state index contributed by atoms with van der Waals surface area (Å²) in [7, 11) is 1.46. The molecule has 0 heterocycles. The van der Waals surface area contributed by atoms with E-state index in [1.54, 1.807) is 19.9 Å². The average molecular weight is 266 g/mol. The summed E-state index contributed by atoms with van der Waals surface area (Å²) in [5.74, 6) is -0.716. The number of rotatable bonds is 5. The maximum Gasteiger partial charge on any atom is 0.255 e. The Balaban J connectivity index is 2.92. The summed E-state index contributed by atoms with van der Waals surface area (Å²) in [6.07, 6.45) is 0.00344. The Morgan fingerprint density at radius 3 is 2.58 bits per heavy atom. The second kappa shape index (κ2) is 5.60. The lowest BCUT2D eigenvalue weighted by Crippen LogP contribution is -2.46. The van der Waals surface area contributed by atoms with Crippen LogP contribution in [0.15, 0.2) is 18.2 Å². The number of primary amides is 1. The smallest absolute Gasteiger partial charge is 0.255 e. The Kier molecular flexibility index (Phi) is 4.37.